The average molecular weight is 289 g/mol. The van der Waals surface area contributed by atoms with Crippen molar-refractivity contribution in [2.75, 3.05) is 0 Å². The first-order chi connectivity index (χ1) is 9.99. The number of aliphatic carboxylic acids is 1. The van der Waals surface area contributed by atoms with E-state index in [0.29, 0.717) is 0 Å². The minimum atomic E-state index is -1.28. The fourth-order valence-corrected chi connectivity index (χ4v) is 1.79. The summed E-state index contributed by atoms with van der Waals surface area (Å²) in [6.45, 7) is 0. The van der Waals surface area contributed by atoms with Crippen molar-refractivity contribution >= 4 is 11.9 Å². The molecule has 0 saturated heterocycles. The van der Waals surface area contributed by atoms with Crippen LogP contribution < -0.4 is 5.56 Å². The molecule has 0 spiro atoms. The molecule has 8 heteroatoms. The van der Waals surface area contributed by atoms with Crippen molar-refractivity contribution in [1.82, 2.24) is 14.5 Å². The molecule has 0 saturated carbocycles. The second-order valence-electron chi connectivity index (χ2n) is 4.19. The fourth-order valence-electron chi connectivity index (χ4n) is 1.79. The van der Waals surface area contributed by atoms with Gasteiger partial charge in [-0.1, -0.05) is 0 Å². The molecular weight excluding hydrogens is 278 g/mol. The molecule has 0 aliphatic heterocycles. The Morgan fingerprint density at radius 2 is 1.86 bits per heavy atom. The minimum Gasteiger partial charge on any atom is -0.480 e. The minimum absolute atomic E-state index is 0.126. The monoisotopic (exact) mass is 289 g/mol. The van der Waals surface area contributed by atoms with E-state index < -0.39 is 23.5 Å². The van der Waals surface area contributed by atoms with Crippen molar-refractivity contribution in [3.05, 3.63) is 58.5 Å². The molecule has 2 aromatic heterocycles. The highest BCUT2D eigenvalue weighted by Crippen LogP contribution is 2.11. The zero-order valence-electron chi connectivity index (χ0n) is 10.7. The van der Waals surface area contributed by atoms with Crippen LogP contribution in [-0.4, -0.2) is 36.7 Å². The summed E-state index contributed by atoms with van der Waals surface area (Å²) in [6, 6.07) is 2.44. The van der Waals surface area contributed by atoms with Crippen LogP contribution in [0.25, 0.3) is 0 Å². The number of pyridine rings is 1. The average Bonchev–Trinajstić information content (AvgIpc) is 2.46. The third-order valence-electron chi connectivity index (χ3n) is 2.80. The molecule has 21 heavy (non-hydrogen) atoms. The summed E-state index contributed by atoms with van der Waals surface area (Å²) in [5.41, 5.74) is -0.779. The van der Waals surface area contributed by atoms with Crippen molar-refractivity contribution in [1.29, 1.82) is 0 Å². The third kappa shape index (κ3) is 3.30. The molecule has 0 aliphatic rings. The smallest absolute Gasteiger partial charge is 0.337 e. The maximum Gasteiger partial charge on any atom is 0.337 e. The number of aromatic nitrogens is 3. The lowest BCUT2D eigenvalue weighted by Crippen LogP contribution is -2.31. The van der Waals surface area contributed by atoms with Gasteiger partial charge in [-0.05, 0) is 12.1 Å². The van der Waals surface area contributed by atoms with Crippen molar-refractivity contribution < 1.29 is 19.8 Å². The quantitative estimate of drug-likeness (QED) is 0.806. The maximum absolute atomic E-state index is 11.8. The Labute approximate surface area is 118 Å². The molecule has 0 aromatic carbocycles. The number of carboxylic acids is 2. The van der Waals surface area contributed by atoms with Crippen LogP contribution in [0.3, 0.4) is 0 Å². The van der Waals surface area contributed by atoms with E-state index in [-0.39, 0.29) is 17.8 Å². The van der Waals surface area contributed by atoms with Crippen LogP contribution in [0, 0.1) is 0 Å². The standard InChI is InChI=1S/C13H11N3O5/c17-11-3-2-8(12(18)19)7-16(11)9(13(20)21)6-10-14-4-1-5-15-10/h1-5,7,9H,6H2,(H,18,19)(H,20,21)/t9-/m0/s1. The third-order valence-corrected chi connectivity index (χ3v) is 2.80. The van der Waals surface area contributed by atoms with E-state index in [0.717, 1.165) is 22.9 Å². The topological polar surface area (TPSA) is 122 Å². The highest BCUT2D eigenvalue weighted by molar-refractivity contribution is 5.87. The number of carboxylic acid groups (broad SMARTS) is 2. The Bertz CT molecular complexity index is 726. The van der Waals surface area contributed by atoms with Gasteiger partial charge in [0.2, 0.25) is 0 Å². The maximum atomic E-state index is 11.8. The molecule has 108 valence electrons. The number of carbonyl (C=O) groups is 2. The molecule has 0 unspecified atom stereocenters. The fraction of sp³-hybridized carbons (Fsp3) is 0.154. The summed E-state index contributed by atoms with van der Waals surface area (Å²) < 4.78 is 0.863. The van der Waals surface area contributed by atoms with Crippen molar-refractivity contribution in [3.8, 4) is 0 Å². The van der Waals surface area contributed by atoms with Gasteiger partial charge in [0, 0.05) is 31.1 Å². The number of hydrogen-bond acceptors (Lipinski definition) is 5. The highest BCUT2D eigenvalue weighted by Gasteiger charge is 2.23. The number of hydrogen-bond donors (Lipinski definition) is 2. The molecular formula is C13H11N3O5. The van der Waals surface area contributed by atoms with E-state index in [2.05, 4.69) is 9.97 Å². The number of aromatic carboxylic acids is 1. The molecule has 2 heterocycles. The van der Waals surface area contributed by atoms with Crippen LogP contribution in [0.5, 0.6) is 0 Å². The van der Waals surface area contributed by atoms with Crippen molar-refractivity contribution in [2.45, 2.75) is 12.5 Å². The second kappa shape index (κ2) is 5.95. The van der Waals surface area contributed by atoms with Gasteiger partial charge < -0.3 is 10.2 Å². The largest absolute Gasteiger partial charge is 0.480 e. The van der Waals surface area contributed by atoms with Crippen LogP contribution in [0.4, 0.5) is 0 Å². The van der Waals surface area contributed by atoms with Gasteiger partial charge in [-0.2, -0.15) is 0 Å². The van der Waals surface area contributed by atoms with Gasteiger partial charge in [0.25, 0.3) is 5.56 Å². The van der Waals surface area contributed by atoms with Gasteiger partial charge in [0.1, 0.15) is 11.9 Å². The Hall–Kier alpha value is -3.03. The van der Waals surface area contributed by atoms with Gasteiger partial charge in [-0.25, -0.2) is 19.6 Å². The van der Waals surface area contributed by atoms with Gasteiger partial charge in [-0.15, -0.1) is 0 Å². The Balaban J connectivity index is 2.43. The highest BCUT2D eigenvalue weighted by atomic mass is 16.4. The molecule has 0 amide bonds. The summed E-state index contributed by atoms with van der Waals surface area (Å²) in [5.74, 6) is -2.27. The van der Waals surface area contributed by atoms with E-state index in [1.807, 2.05) is 0 Å². The van der Waals surface area contributed by atoms with Crippen molar-refractivity contribution in [3.63, 3.8) is 0 Å². The molecule has 0 aliphatic carbocycles. The summed E-state index contributed by atoms with van der Waals surface area (Å²) in [7, 11) is 0. The van der Waals surface area contributed by atoms with E-state index >= 15 is 0 Å². The van der Waals surface area contributed by atoms with E-state index in [1.54, 1.807) is 6.07 Å². The van der Waals surface area contributed by atoms with Crippen LogP contribution in [0.1, 0.15) is 22.2 Å². The SMILES string of the molecule is O=C(O)c1ccc(=O)n([C@@H](Cc2ncccn2)C(=O)O)c1. The van der Waals surface area contributed by atoms with Crippen LogP contribution in [0.15, 0.2) is 41.6 Å². The Morgan fingerprint density at radius 1 is 1.19 bits per heavy atom. The van der Waals surface area contributed by atoms with E-state index in [4.69, 9.17) is 5.11 Å². The van der Waals surface area contributed by atoms with Crippen LogP contribution in [0.2, 0.25) is 0 Å². The summed E-state index contributed by atoms with van der Waals surface area (Å²) in [6.07, 6.45) is 3.79. The first-order valence-electron chi connectivity index (χ1n) is 5.93. The Kier molecular flexibility index (Phi) is 4.07. The van der Waals surface area contributed by atoms with Crippen LogP contribution in [-0.2, 0) is 11.2 Å². The molecule has 0 radical (unpaired) electrons. The van der Waals surface area contributed by atoms with Gasteiger partial charge >= 0.3 is 11.9 Å². The predicted octanol–water partition coefficient (Wildman–Crippen LogP) is 0.205. The molecule has 8 nitrogen and oxygen atoms in total. The van der Waals surface area contributed by atoms with Gasteiger partial charge in [0.05, 0.1) is 5.56 Å². The Morgan fingerprint density at radius 3 is 2.43 bits per heavy atom. The van der Waals surface area contributed by atoms with E-state index in [1.165, 1.54) is 12.4 Å². The second-order valence-corrected chi connectivity index (χ2v) is 4.19. The van der Waals surface area contributed by atoms with E-state index in [9.17, 15) is 19.5 Å². The summed E-state index contributed by atoms with van der Waals surface area (Å²) in [5, 5.41) is 18.2. The zero-order chi connectivity index (χ0) is 15.4. The summed E-state index contributed by atoms with van der Waals surface area (Å²) >= 11 is 0. The summed E-state index contributed by atoms with van der Waals surface area (Å²) in [4.78, 5) is 41.9. The number of nitrogens with zero attached hydrogens (tertiary/aromatic N) is 3. The molecule has 0 fully saturated rings. The van der Waals surface area contributed by atoms with Crippen molar-refractivity contribution in [2.24, 2.45) is 0 Å². The van der Waals surface area contributed by atoms with Gasteiger partial charge in [-0.3, -0.25) is 9.36 Å². The molecule has 2 rings (SSSR count). The lowest BCUT2D eigenvalue weighted by molar-refractivity contribution is -0.141. The predicted molar refractivity (Wildman–Crippen MR) is 70.1 cm³/mol. The lowest BCUT2D eigenvalue weighted by Gasteiger charge is -2.15. The first-order valence-corrected chi connectivity index (χ1v) is 5.93. The zero-order valence-corrected chi connectivity index (χ0v) is 10.7. The van der Waals surface area contributed by atoms with Crippen LogP contribution >= 0.6 is 0 Å². The molecule has 2 N–H and O–H groups in total. The lowest BCUT2D eigenvalue weighted by atomic mass is 10.1. The van der Waals surface area contributed by atoms with Gasteiger partial charge in [0.15, 0.2) is 0 Å². The first kappa shape index (κ1) is 14.4. The molecule has 0 bridgehead atoms. The molecule has 2 aromatic rings. The normalized spacial score (nSPS) is 11.8. The number of rotatable bonds is 5. The molecule has 1 atom stereocenters.